The molecule has 2 aliphatic heterocycles. The molecule has 0 saturated carbocycles. The van der Waals surface area contributed by atoms with E-state index in [1.165, 1.54) is 11.0 Å². The number of ketones is 1. The molecule has 51 heavy (non-hydrogen) atoms. The number of amides is 7. The van der Waals surface area contributed by atoms with Gasteiger partial charge in [0.2, 0.25) is 17.6 Å². The van der Waals surface area contributed by atoms with Gasteiger partial charge in [0.05, 0.1) is 12.1 Å². The van der Waals surface area contributed by atoms with E-state index in [9.17, 15) is 28.8 Å². The smallest absolute Gasteiger partial charge is 0.317 e. The molecule has 5 atom stereocenters. The lowest BCUT2D eigenvalue weighted by Gasteiger charge is -2.38. The molecule has 1 aromatic carbocycles. The number of nitrogens with zero attached hydrogens (tertiary/aromatic N) is 2. The minimum absolute atomic E-state index is 0.123. The Morgan fingerprint density at radius 3 is 2.33 bits per heavy atom. The van der Waals surface area contributed by atoms with Crippen LogP contribution in [0.15, 0.2) is 36.9 Å². The number of carbonyl (C=O) groups is 6. The molecule has 3 aliphatic rings. The third-order valence-electron chi connectivity index (χ3n) is 10.4. The summed E-state index contributed by atoms with van der Waals surface area (Å²) < 4.78 is 0. The highest BCUT2D eigenvalue weighted by Gasteiger charge is 2.46. The van der Waals surface area contributed by atoms with Crippen molar-refractivity contribution in [3.63, 3.8) is 0 Å². The zero-order chi connectivity index (χ0) is 37.3. The number of hydrogen-bond donors (Lipinski definition) is 5. The molecule has 0 bridgehead atoms. The van der Waals surface area contributed by atoms with E-state index in [1.807, 2.05) is 58.9 Å². The maximum Gasteiger partial charge on any atom is 0.317 e. The van der Waals surface area contributed by atoms with Crippen molar-refractivity contribution < 1.29 is 28.8 Å². The number of hydrogen-bond acceptors (Lipinski definition) is 6. The first kappa shape index (κ1) is 39.4. The van der Waals surface area contributed by atoms with Crippen LogP contribution in [-0.2, 0) is 32.0 Å². The van der Waals surface area contributed by atoms with Gasteiger partial charge in [0.25, 0.3) is 5.91 Å². The minimum Gasteiger partial charge on any atom is -0.346 e. The largest absolute Gasteiger partial charge is 0.346 e. The first-order valence-corrected chi connectivity index (χ1v) is 18.4. The Labute approximate surface area is 302 Å². The molecule has 1 aromatic rings. The molecule has 280 valence electrons. The fourth-order valence-electron chi connectivity index (χ4n) is 7.28. The van der Waals surface area contributed by atoms with Gasteiger partial charge in [0.15, 0.2) is 0 Å². The van der Waals surface area contributed by atoms with E-state index < -0.39 is 53.2 Å². The molecule has 4 rings (SSSR count). The summed E-state index contributed by atoms with van der Waals surface area (Å²) in [6.07, 6.45) is 5.68. The lowest BCUT2D eigenvalue weighted by Crippen LogP contribution is -2.62. The van der Waals surface area contributed by atoms with Gasteiger partial charge in [-0.3, -0.25) is 19.2 Å². The lowest BCUT2D eigenvalue weighted by atomic mass is 9.86. The molecular formula is C38H57N7O6. The molecule has 13 nitrogen and oxygen atoms in total. The maximum absolute atomic E-state index is 14.6. The summed E-state index contributed by atoms with van der Waals surface area (Å²) in [5, 5.41) is 14.2. The summed E-state index contributed by atoms with van der Waals surface area (Å²) in [7, 11) is 0. The van der Waals surface area contributed by atoms with Crippen LogP contribution in [0.3, 0.4) is 0 Å². The second-order valence-corrected chi connectivity index (χ2v) is 15.3. The molecule has 0 spiro atoms. The van der Waals surface area contributed by atoms with Gasteiger partial charge in [-0.05, 0) is 60.5 Å². The Hall–Kier alpha value is -4.42. The summed E-state index contributed by atoms with van der Waals surface area (Å²) in [5.41, 5.74) is 1.82. The van der Waals surface area contributed by atoms with E-state index in [0.717, 1.165) is 24.0 Å². The molecule has 0 aromatic heterocycles. The van der Waals surface area contributed by atoms with Crippen molar-refractivity contribution in [3.05, 3.63) is 48.0 Å². The predicted molar refractivity (Wildman–Crippen MR) is 195 cm³/mol. The van der Waals surface area contributed by atoms with Crippen molar-refractivity contribution >= 4 is 35.6 Å². The quantitative estimate of drug-likeness (QED) is 0.139. The van der Waals surface area contributed by atoms with Crippen LogP contribution in [0.2, 0.25) is 0 Å². The summed E-state index contributed by atoms with van der Waals surface area (Å²) >= 11 is 0. The number of urea groups is 2. The van der Waals surface area contributed by atoms with Crippen molar-refractivity contribution in [1.29, 1.82) is 0 Å². The monoisotopic (exact) mass is 707 g/mol. The predicted octanol–water partition coefficient (Wildman–Crippen LogP) is 2.68. The fourth-order valence-corrected chi connectivity index (χ4v) is 7.28. The Morgan fingerprint density at radius 2 is 1.73 bits per heavy atom. The normalized spacial score (nSPS) is 20.8. The second-order valence-electron chi connectivity index (χ2n) is 15.3. The van der Waals surface area contributed by atoms with E-state index in [0.29, 0.717) is 51.9 Å². The zero-order valence-electron chi connectivity index (χ0n) is 30.9. The lowest BCUT2D eigenvalue weighted by molar-refractivity contribution is -0.143. The highest BCUT2D eigenvalue weighted by molar-refractivity contribution is 6.38. The maximum atomic E-state index is 14.6. The van der Waals surface area contributed by atoms with Crippen molar-refractivity contribution in [3.8, 4) is 0 Å². The van der Waals surface area contributed by atoms with Gasteiger partial charge >= 0.3 is 12.1 Å². The van der Waals surface area contributed by atoms with Crippen LogP contribution in [0.4, 0.5) is 9.59 Å². The highest BCUT2D eigenvalue weighted by Crippen LogP contribution is 2.32. The molecule has 1 aliphatic carbocycles. The van der Waals surface area contributed by atoms with Gasteiger partial charge in [-0.15, -0.1) is 6.58 Å². The van der Waals surface area contributed by atoms with Crippen LogP contribution < -0.4 is 26.6 Å². The number of carbonyl (C=O) groups excluding carboxylic acids is 6. The van der Waals surface area contributed by atoms with Gasteiger partial charge < -0.3 is 36.4 Å². The van der Waals surface area contributed by atoms with Crippen LogP contribution in [-0.4, -0.2) is 102 Å². The topological polar surface area (TPSA) is 169 Å². The average molecular weight is 708 g/mol. The third-order valence-corrected chi connectivity index (χ3v) is 10.4. The van der Waals surface area contributed by atoms with Gasteiger partial charge in [-0.2, -0.15) is 0 Å². The van der Waals surface area contributed by atoms with Crippen molar-refractivity contribution in [1.82, 2.24) is 36.4 Å². The second kappa shape index (κ2) is 17.7. The van der Waals surface area contributed by atoms with Crippen LogP contribution >= 0.6 is 0 Å². The van der Waals surface area contributed by atoms with Gasteiger partial charge in [-0.1, -0.05) is 77.8 Å². The number of benzene rings is 1. The Bertz CT molecular complexity index is 1430. The molecule has 7 amide bonds. The van der Waals surface area contributed by atoms with Crippen molar-refractivity contribution in [2.75, 3.05) is 32.7 Å². The molecule has 2 saturated heterocycles. The third kappa shape index (κ3) is 10.1. The molecule has 2 heterocycles. The van der Waals surface area contributed by atoms with Crippen molar-refractivity contribution in [2.24, 2.45) is 17.3 Å². The van der Waals surface area contributed by atoms with Crippen LogP contribution in [0.5, 0.6) is 0 Å². The number of nitrogens with one attached hydrogen (secondary N) is 5. The molecular weight excluding hydrogens is 650 g/mol. The number of unbranched alkanes of at least 4 members (excludes halogenated alkanes) is 1. The van der Waals surface area contributed by atoms with E-state index in [1.54, 1.807) is 4.90 Å². The molecule has 13 heteroatoms. The van der Waals surface area contributed by atoms with Gasteiger partial charge in [0, 0.05) is 32.7 Å². The van der Waals surface area contributed by atoms with Crippen LogP contribution in [0, 0.1) is 17.3 Å². The SMILES string of the molecule is C=CCNC(=O)C(=O)C(CCCC)NC(=O)[C@@H]1[C@@H](C)CCN1C(=O)[C@@H](NC(=O)N[C@H](CN1CCCNC1=O)C(C)(C)C)C1Cc2ccccc2C1. The van der Waals surface area contributed by atoms with Crippen LogP contribution in [0.1, 0.15) is 77.8 Å². The average Bonchev–Trinajstić information content (AvgIpc) is 3.71. The summed E-state index contributed by atoms with van der Waals surface area (Å²) in [4.78, 5) is 83.9. The van der Waals surface area contributed by atoms with Gasteiger partial charge in [0.1, 0.15) is 12.1 Å². The molecule has 0 radical (unpaired) electrons. The first-order valence-electron chi connectivity index (χ1n) is 18.4. The van der Waals surface area contributed by atoms with Gasteiger partial charge in [-0.25, -0.2) is 9.59 Å². The van der Waals surface area contributed by atoms with Crippen molar-refractivity contribution in [2.45, 2.75) is 104 Å². The summed E-state index contributed by atoms with van der Waals surface area (Å²) in [5.74, 6) is -2.87. The van der Waals surface area contributed by atoms with Crippen LogP contribution in [0.25, 0.3) is 0 Å². The number of rotatable bonds is 15. The zero-order valence-corrected chi connectivity index (χ0v) is 30.9. The molecule has 5 N–H and O–H groups in total. The Morgan fingerprint density at radius 1 is 1.04 bits per heavy atom. The van der Waals surface area contributed by atoms with E-state index in [4.69, 9.17) is 0 Å². The molecule has 2 fully saturated rings. The van der Waals surface area contributed by atoms with E-state index in [2.05, 4.69) is 33.2 Å². The number of Topliss-reactive ketones (excluding diaryl/α,β-unsaturated/α-hetero) is 1. The van der Waals surface area contributed by atoms with E-state index >= 15 is 0 Å². The number of likely N-dealkylation sites (tertiary alicyclic amines) is 1. The highest BCUT2D eigenvalue weighted by atomic mass is 16.2. The first-order chi connectivity index (χ1) is 24.2. The molecule has 1 unspecified atom stereocenters. The van der Waals surface area contributed by atoms with E-state index in [-0.39, 0.29) is 36.7 Å². The summed E-state index contributed by atoms with van der Waals surface area (Å²) in [6, 6.07) is 4.01. The Balaban J connectivity index is 1.56. The minimum atomic E-state index is -1.03. The fraction of sp³-hybridized carbons (Fsp3) is 0.632. The summed E-state index contributed by atoms with van der Waals surface area (Å²) in [6.45, 7) is 15.3. The standard InChI is InChI=1S/C38H57N7O6/c1-7-9-15-28(32(46)34(48)39-17-8-2)41-33(47)31-24(3)16-20-45(31)35(49)30(27-21-25-13-10-11-14-26(25)22-27)43-36(50)42-29(38(4,5)6)23-44-19-12-18-40-37(44)51/h8,10-11,13-14,24,27-31H,2,7,9,12,15-23H2,1,3-6H3,(H,39,48)(H,40,51)(H,41,47)(H2,42,43,50)/t24-,28?,29+,30-,31-/m0/s1. The number of fused-ring (bicyclic) bond motifs is 1. The Kier molecular flexibility index (Phi) is 13.6.